The van der Waals surface area contributed by atoms with Crippen molar-refractivity contribution >= 4 is 11.6 Å². The smallest absolute Gasteiger partial charge is 0.267 e. The van der Waals surface area contributed by atoms with Crippen LogP contribution < -0.4 is 5.43 Å². The molecule has 0 spiro atoms. The topological polar surface area (TPSA) is 54.4 Å². The van der Waals surface area contributed by atoms with E-state index in [9.17, 15) is 4.79 Å². The van der Waals surface area contributed by atoms with Crippen LogP contribution in [0.4, 0.5) is 0 Å². The van der Waals surface area contributed by atoms with Crippen LogP contribution in [-0.2, 0) is 0 Å². The summed E-state index contributed by atoms with van der Waals surface area (Å²) >= 11 is 0. The molecule has 1 aromatic rings. The molecule has 4 heteroatoms. The molecule has 3 rings (SSSR count). The Morgan fingerprint density at radius 2 is 2.47 bits per heavy atom. The molecule has 0 unspecified atom stereocenters. The minimum atomic E-state index is -0.194. The number of rotatable bonds is 2. The Morgan fingerprint density at radius 1 is 1.53 bits per heavy atom. The number of allylic oxidation sites excluding steroid dienone is 2. The average molecular weight is 227 g/mol. The molecule has 0 radical (unpaired) electrons. The first-order valence-corrected chi connectivity index (χ1v) is 5.78. The number of hydrazone groups is 1. The number of pyridine rings is 1. The second-order valence-corrected chi connectivity index (χ2v) is 4.42. The third kappa shape index (κ3) is 1.86. The highest BCUT2D eigenvalue weighted by Gasteiger charge is 2.37. The van der Waals surface area contributed by atoms with Crippen molar-refractivity contribution in [3.05, 3.63) is 42.2 Å². The van der Waals surface area contributed by atoms with E-state index in [4.69, 9.17) is 0 Å². The number of nitrogens with one attached hydrogen (secondary N) is 1. The van der Waals surface area contributed by atoms with Crippen LogP contribution in [0.2, 0.25) is 0 Å². The zero-order chi connectivity index (χ0) is 11.7. The van der Waals surface area contributed by atoms with Gasteiger partial charge in [0.1, 0.15) is 0 Å². The molecule has 0 aliphatic heterocycles. The number of nitrogens with zero attached hydrogens (tertiary/aromatic N) is 2. The van der Waals surface area contributed by atoms with Crippen molar-refractivity contribution < 1.29 is 4.79 Å². The minimum Gasteiger partial charge on any atom is -0.267 e. The van der Waals surface area contributed by atoms with E-state index in [1.165, 1.54) is 6.20 Å². The molecule has 1 heterocycles. The standard InChI is InChI=1S/C13H13N3O/c17-13(10-4-2-6-14-8-10)16-15-12-7-9-3-1-5-11(9)12/h1-4,6,8-9,11H,5,7H2,(H,16,17)/b15-12-/t9-,11+/m1/s1. The van der Waals surface area contributed by atoms with E-state index in [1.54, 1.807) is 18.3 Å². The van der Waals surface area contributed by atoms with Gasteiger partial charge in [-0.15, -0.1) is 0 Å². The van der Waals surface area contributed by atoms with Crippen molar-refractivity contribution in [2.45, 2.75) is 12.8 Å². The Labute approximate surface area is 99.4 Å². The number of hydrogen-bond acceptors (Lipinski definition) is 3. The molecule has 17 heavy (non-hydrogen) atoms. The number of hydrogen-bond donors (Lipinski definition) is 1. The van der Waals surface area contributed by atoms with E-state index in [0.717, 1.165) is 18.6 Å². The predicted octanol–water partition coefficient (Wildman–Crippen LogP) is 1.76. The summed E-state index contributed by atoms with van der Waals surface area (Å²) < 4.78 is 0. The Morgan fingerprint density at radius 3 is 3.24 bits per heavy atom. The van der Waals surface area contributed by atoms with Crippen LogP contribution in [0.3, 0.4) is 0 Å². The normalized spacial score (nSPS) is 27.6. The lowest BCUT2D eigenvalue weighted by atomic mass is 9.74. The lowest BCUT2D eigenvalue weighted by Crippen LogP contribution is -2.35. The molecule has 0 aromatic carbocycles. The van der Waals surface area contributed by atoms with Gasteiger partial charge in [0.25, 0.3) is 5.91 Å². The van der Waals surface area contributed by atoms with Crippen LogP contribution in [0.15, 0.2) is 41.8 Å². The fourth-order valence-electron chi connectivity index (χ4n) is 2.35. The molecule has 1 saturated carbocycles. The Bertz CT molecular complexity index is 493. The summed E-state index contributed by atoms with van der Waals surface area (Å²) in [6.07, 6.45) is 9.66. The van der Waals surface area contributed by atoms with E-state index in [0.29, 0.717) is 17.4 Å². The van der Waals surface area contributed by atoms with Crippen molar-refractivity contribution in [3.8, 4) is 0 Å². The lowest BCUT2D eigenvalue weighted by molar-refractivity contribution is 0.0953. The SMILES string of the molecule is O=C(N/N=C1/C[C@H]2C=CC[C@H]12)c1cccnc1. The minimum absolute atomic E-state index is 0.194. The van der Waals surface area contributed by atoms with Crippen molar-refractivity contribution in [1.29, 1.82) is 0 Å². The highest BCUT2D eigenvalue weighted by Crippen LogP contribution is 2.39. The van der Waals surface area contributed by atoms with Gasteiger partial charge in [-0.1, -0.05) is 12.2 Å². The lowest BCUT2D eigenvalue weighted by Gasteiger charge is -2.31. The Kier molecular flexibility index (Phi) is 2.48. The van der Waals surface area contributed by atoms with Crippen molar-refractivity contribution in [2.24, 2.45) is 16.9 Å². The fraction of sp³-hybridized carbons (Fsp3) is 0.308. The van der Waals surface area contributed by atoms with Crippen LogP contribution in [0.25, 0.3) is 0 Å². The molecule has 1 aromatic heterocycles. The van der Waals surface area contributed by atoms with Crippen LogP contribution >= 0.6 is 0 Å². The van der Waals surface area contributed by atoms with Gasteiger partial charge in [0, 0.05) is 24.0 Å². The quantitative estimate of drug-likeness (QED) is 0.618. The first-order valence-electron chi connectivity index (χ1n) is 5.78. The molecule has 4 nitrogen and oxygen atoms in total. The van der Waals surface area contributed by atoms with Gasteiger partial charge in [0.2, 0.25) is 0 Å². The van der Waals surface area contributed by atoms with Crippen molar-refractivity contribution in [1.82, 2.24) is 10.4 Å². The monoisotopic (exact) mass is 227 g/mol. The van der Waals surface area contributed by atoms with Gasteiger partial charge in [0.05, 0.1) is 5.56 Å². The summed E-state index contributed by atoms with van der Waals surface area (Å²) in [5, 5.41) is 4.20. The van der Waals surface area contributed by atoms with Gasteiger partial charge in [-0.2, -0.15) is 5.10 Å². The average Bonchev–Trinajstić information content (AvgIpc) is 2.72. The van der Waals surface area contributed by atoms with Crippen LogP contribution in [0, 0.1) is 11.8 Å². The summed E-state index contributed by atoms with van der Waals surface area (Å²) in [4.78, 5) is 15.6. The summed E-state index contributed by atoms with van der Waals surface area (Å²) in [7, 11) is 0. The molecule has 86 valence electrons. The largest absolute Gasteiger partial charge is 0.272 e. The maximum atomic E-state index is 11.7. The fourth-order valence-corrected chi connectivity index (χ4v) is 2.35. The van der Waals surface area contributed by atoms with Gasteiger partial charge < -0.3 is 0 Å². The van der Waals surface area contributed by atoms with E-state index in [2.05, 4.69) is 27.7 Å². The predicted molar refractivity (Wildman–Crippen MR) is 64.5 cm³/mol. The summed E-state index contributed by atoms with van der Waals surface area (Å²) in [6, 6.07) is 3.46. The number of fused-ring (bicyclic) bond motifs is 1. The first-order chi connectivity index (χ1) is 8.34. The molecule has 1 amide bonds. The maximum Gasteiger partial charge on any atom is 0.272 e. The molecule has 1 fully saturated rings. The number of carbonyl (C=O) groups excluding carboxylic acids is 1. The van der Waals surface area contributed by atoms with Crippen molar-refractivity contribution in [2.75, 3.05) is 0 Å². The molecule has 2 aliphatic rings. The van der Waals surface area contributed by atoms with E-state index in [-0.39, 0.29) is 5.91 Å². The maximum absolute atomic E-state index is 11.7. The van der Waals surface area contributed by atoms with Gasteiger partial charge in [0.15, 0.2) is 0 Å². The molecule has 2 aliphatic carbocycles. The van der Waals surface area contributed by atoms with E-state index in [1.807, 2.05) is 0 Å². The van der Waals surface area contributed by atoms with Crippen LogP contribution in [-0.4, -0.2) is 16.6 Å². The second-order valence-electron chi connectivity index (χ2n) is 4.42. The zero-order valence-electron chi connectivity index (χ0n) is 9.34. The number of carbonyl (C=O) groups is 1. The summed E-state index contributed by atoms with van der Waals surface area (Å²) in [5.74, 6) is 0.994. The highest BCUT2D eigenvalue weighted by atomic mass is 16.2. The summed E-state index contributed by atoms with van der Waals surface area (Å²) in [5.41, 5.74) is 4.24. The van der Waals surface area contributed by atoms with Crippen molar-refractivity contribution in [3.63, 3.8) is 0 Å². The summed E-state index contributed by atoms with van der Waals surface area (Å²) in [6.45, 7) is 0. The molecule has 1 N–H and O–H groups in total. The third-order valence-electron chi connectivity index (χ3n) is 3.39. The second kappa shape index (κ2) is 4.13. The van der Waals surface area contributed by atoms with E-state index < -0.39 is 0 Å². The highest BCUT2D eigenvalue weighted by molar-refractivity contribution is 5.97. The van der Waals surface area contributed by atoms with Gasteiger partial charge in [-0.05, 0) is 30.9 Å². The van der Waals surface area contributed by atoms with Gasteiger partial charge in [-0.25, -0.2) is 5.43 Å². The Hall–Kier alpha value is -1.97. The molecule has 0 bridgehead atoms. The Balaban J connectivity index is 1.62. The zero-order valence-corrected chi connectivity index (χ0v) is 9.34. The van der Waals surface area contributed by atoms with Gasteiger partial charge in [-0.3, -0.25) is 9.78 Å². The number of aromatic nitrogens is 1. The third-order valence-corrected chi connectivity index (χ3v) is 3.39. The van der Waals surface area contributed by atoms with Gasteiger partial charge >= 0.3 is 0 Å². The van der Waals surface area contributed by atoms with E-state index >= 15 is 0 Å². The first kappa shape index (κ1) is 10.2. The number of amides is 1. The molecular weight excluding hydrogens is 214 g/mol. The van der Waals surface area contributed by atoms with Crippen LogP contribution in [0.1, 0.15) is 23.2 Å². The van der Waals surface area contributed by atoms with Crippen LogP contribution in [0.5, 0.6) is 0 Å². The molecule has 2 atom stereocenters. The molecule has 0 saturated heterocycles. The molecular formula is C13H13N3O.